The lowest BCUT2D eigenvalue weighted by Crippen LogP contribution is -2.30. The lowest BCUT2D eigenvalue weighted by atomic mass is 10.1. The maximum atomic E-state index is 11.4. The maximum absolute atomic E-state index is 11.4. The fourth-order valence-corrected chi connectivity index (χ4v) is 1.29. The van der Waals surface area contributed by atoms with Crippen molar-refractivity contribution in [2.45, 2.75) is 46.3 Å². The second-order valence-electron chi connectivity index (χ2n) is 4.56. The first-order chi connectivity index (χ1) is 7.89. The normalized spacial score (nSPS) is 11.6. The molecule has 0 aliphatic rings. The number of hydrazine groups is 1. The van der Waals surface area contributed by atoms with E-state index in [9.17, 15) is 4.79 Å². The van der Waals surface area contributed by atoms with Gasteiger partial charge in [-0.25, -0.2) is 5.84 Å². The van der Waals surface area contributed by atoms with E-state index in [1.165, 1.54) is 0 Å². The van der Waals surface area contributed by atoms with Crippen LogP contribution in [-0.2, 0) is 11.3 Å². The number of carbonyl (C=O) groups excluding carboxylic acids is 1. The Hall–Kier alpha value is -1.33. The lowest BCUT2D eigenvalue weighted by Gasteiger charge is -2.22. The van der Waals surface area contributed by atoms with E-state index < -0.39 is 0 Å². The van der Waals surface area contributed by atoms with Crippen LogP contribution in [0.3, 0.4) is 0 Å². The molecule has 1 rings (SSSR count). The molecule has 0 fully saturated rings. The van der Waals surface area contributed by atoms with Gasteiger partial charge >= 0.3 is 0 Å². The number of nitrogens with one attached hydrogen (secondary N) is 1. The number of amides is 1. The van der Waals surface area contributed by atoms with Gasteiger partial charge in [-0.3, -0.25) is 10.2 Å². The van der Waals surface area contributed by atoms with Crippen molar-refractivity contribution in [2.24, 2.45) is 5.84 Å². The van der Waals surface area contributed by atoms with E-state index in [0.717, 1.165) is 6.42 Å². The largest absolute Gasteiger partial charge is 0.463 e. The Bertz CT molecular complexity index is 396. The smallest absolute Gasteiger partial charge is 0.268 e. The van der Waals surface area contributed by atoms with Gasteiger partial charge in [-0.15, -0.1) is 0 Å². The maximum Gasteiger partial charge on any atom is 0.268 e. The van der Waals surface area contributed by atoms with Crippen molar-refractivity contribution in [3.05, 3.63) is 23.2 Å². The molecule has 1 aromatic heterocycles. The van der Waals surface area contributed by atoms with Crippen molar-refractivity contribution < 1.29 is 13.9 Å². The van der Waals surface area contributed by atoms with Gasteiger partial charge in [-0.2, -0.15) is 0 Å². The van der Waals surface area contributed by atoms with Crippen LogP contribution in [0.2, 0.25) is 0 Å². The number of nitrogen functional groups attached to an aromatic ring is 1. The molecule has 0 atom stereocenters. The van der Waals surface area contributed by atoms with Gasteiger partial charge in [0.15, 0.2) is 0 Å². The fourth-order valence-electron chi connectivity index (χ4n) is 1.29. The van der Waals surface area contributed by atoms with Gasteiger partial charge in [-0.1, -0.05) is 6.92 Å². The monoisotopic (exact) mass is 240 g/mol. The first-order valence-electron chi connectivity index (χ1n) is 5.64. The van der Waals surface area contributed by atoms with Crippen LogP contribution in [0.15, 0.2) is 10.5 Å². The van der Waals surface area contributed by atoms with Crippen LogP contribution < -0.4 is 11.3 Å². The third kappa shape index (κ3) is 3.57. The Morgan fingerprint density at radius 2 is 2.24 bits per heavy atom. The Morgan fingerprint density at radius 1 is 1.59 bits per heavy atom. The van der Waals surface area contributed by atoms with Crippen molar-refractivity contribution in [1.82, 2.24) is 5.43 Å². The van der Waals surface area contributed by atoms with Crippen molar-refractivity contribution in [2.75, 3.05) is 0 Å². The van der Waals surface area contributed by atoms with Crippen LogP contribution >= 0.6 is 0 Å². The van der Waals surface area contributed by atoms with Gasteiger partial charge in [0.2, 0.25) is 0 Å². The molecule has 5 heteroatoms. The Labute approximate surface area is 101 Å². The number of hydrogen-bond acceptors (Lipinski definition) is 4. The molecule has 0 unspecified atom stereocenters. The second-order valence-corrected chi connectivity index (χ2v) is 4.56. The lowest BCUT2D eigenvalue weighted by molar-refractivity contribution is -0.0385. The third-order valence-corrected chi connectivity index (χ3v) is 2.80. The predicted octanol–water partition coefficient (Wildman–Crippen LogP) is 1.90. The average molecular weight is 240 g/mol. The van der Waals surface area contributed by atoms with Crippen LogP contribution in [0.25, 0.3) is 0 Å². The van der Waals surface area contributed by atoms with Gasteiger partial charge in [0, 0.05) is 0 Å². The van der Waals surface area contributed by atoms with Crippen molar-refractivity contribution in [1.29, 1.82) is 0 Å². The molecule has 0 radical (unpaired) electrons. The highest BCUT2D eigenvalue weighted by atomic mass is 16.5. The van der Waals surface area contributed by atoms with Crippen LogP contribution in [0.4, 0.5) is 0 Å². The fraction of sp³-hybridized carbons (Fsp3) is 0.583. The van der Waals surface area contributed by atoms with E-state index >= 15 is 0 Å². The molecular formula is C12H20N2O3. The van der Waals surface area contributed by atoms with Crippen molar-refractivity contribution in [3.8, 4) is 0 Å². The highest BCUT2D eigenvalue weighted by molar-refractivity contribution is 5.94. The summed E-state index contributed by atoms with van der Waals surface area (Å²) in [6.07, 6.45) is 0.906. The van der Waals surface area contributed by atoms with E-state index in [-0.39, 0.29) is 11.5 Å². The molecular weight excluding hydrogens is 220 g/mol. The van der Waals surface area contributed by atoms with Crippen LogP contribution in [-0.4, -0.2) is 11.5 Å². The zero-order valence-electron chi connectivity index (χ0n) is 10.8. The molecule has 17 heavy (non-hydrogen) atoms. The SMILES string of the molecule is CCC(C)(C)OCc1cc(C(=O)NN)c(C)o1. The summed E-state index contributed by atoms with van der Waals surface area (Å²) in [5.41, 5.74) is 2.33. The van der Waals surface area contributed by atoms with Gasteiger partial charge in [-0.05, 0) is 33.3 Å². The number of carbonyl (C=O) groups is 1. The predicted molar refractivity (Wildman–Crippen MR) is 64.3 cm³/mol. The van der Waals surface area contributed by atoms with E-state index in [2.05, 4.69) is 12.3 Å². The van der Waals surface area contributed by atoms with Crippen LogP contribution in [0.1, 0.15) is 49.1 Å². The van der Waals surface area contributed by atoms with Gasteiger partial charge < -0.3 is 9.15 Å². The Morgan fingerprint density at radius 3 is 2.76 bits per heavy atom. The van der Waals surface area contributed by atoms with Gasteiger partial charge in [0.25, 0.3) is 5.91 Å². The van der Waals surface area contributed by atoms with Crippen LogP contribution in [0.5, 0.6) is 0 Å². The average Bonchev–Trinajstić information content (AvgIpc) is 2.67. The summed E-state index contributed by atoms with van der Waals surface area (Å²) < 4.78 is 11.1. The van der Waals surface area contributed by atoms with Crippen LogP contribution in [0, 0.1) is 6.92 Å². The summed E-state index contributed by atoms with van der Waals surface area (Å²) in [6, 6.07) is 1.66. The summed E-state index contributed by atoms with van der Waals surface area (Å²) in [6.45, 7) is 8.14. The molecule has 0 bridgehead atoms. The Kier molecular flexibility index (Phi) is 4.31. The summed E-state index contributed by atoms with van der Waals surface area (Å²) in [7, 11) is 0. The highest BCUT2D eigenvalue weighted by Gasteiger charge is 2.18. The number of hydrogen-bond donors (Lipinski definition) is 2. The van der Waals surface area contributed by atoms with Gasteiger partial charge in [0.05, 0.1) is 11.2 Å². The van der Waals surface area contributed by atoms with E-state index in [4.69, 9.17) is 15.0 Å². The van der Waals surface area contributed by atoms with Gasteiger partial charge in [0.1, 0.15) is 18.1 Å². The molecule has 96 valence electrons. The summed E-state index contributed by atoms with van der Waals surface area (Å²) in [5, 5.41) is 0. The minimum absolute atomic E-state index is 0.197. The molecule has 0 aliphatic heterocycles. The molecule has 1 aromatic rings. The van der Waals surface area contributed by atoms with E-state index in [0.29, 0.717) is 23.7 Å². The first-order valence-corrected chi connectivity index (χ1v) is 5.64. The molecule has 3 N–H and O–H groups in total. The molecule has 0 spiro atoms. The molecule has 0 aliphatic carbocycles. The van der Waals surface area contributed by atoms with Crippen molar-refractivity contribution >= 4 is 5.91 Å². The second kappa shape index (κ2) is 5.33. The summed E-state index contributed by atoms with van der Waals surface area (Å²) in [5.74, 6) is 5.89. The minimum atomic E-state index is -0.354. The standard InChI is InChI=1S/C12H20N2O3/c1-5-12(3,4)16-7-9-6-10(8(2)17-9)11(15)14-13/h6H,5,7,13H2,1-4H3,(H,14,15). The zero-order chi connectivity index (χ0) is 13.1. The number of furan rings is 1. The van der Waals surface area contributed by atoms with Crippen molar-refractivity contribution in [3.63, 3.8) is 0 Å². The number of nitrogens with two attached hydrogens (primary N) is 1. The summed E-state index contributed by atoms with van der Waals surface area (Å²) >= 11 is 0. The number of aryl methyl sites for hydroxylation is 1. The Balaban J connectivity index is 2.71. The zero-order valence-corrected chi connectivity index (χ0v) is 10.8. The molecule has 0 saturated carbocycles. The molecule has 1 amide bonds. The first kappa shape index (κ1) is 13.7. The number of ether oxygens (including phenoxy) is 1. The summed E-state index contributed by atoms with van der Waals surface area (Å²) in [4.78, 5) is 11.4. The number of rotatable bonds is 5. The minimum Gasteiger partial charge on any atom is -0.463 e. The third-order valence-electron chi connectivity index (χ3n) is 2.80. The van der Waals surface area contributed by atoms with E-state index in [1.807, 2.05) is 13.8 Å². The molecule has 1 heterocycles. The highest BCUT2D eigenvalue weighted by Crippen LogP contribution is 2.20. The quantitative estimate of drug-likeness (QED) is 0.468. The molecule has 5 nitrogen and oxygen atoms in total. The molecule has 0 saturated heterocycles. The van der Waals surface area contributed by atoms with E-state index in [1.54, 1.807) is 13.0 Å². The molecule has 0 aromatic carbocycles. The topological polar surface area (TPSA) is 77.5 Å².